The molecule has 1 aromatic heterocycles. The highest BCUT2D eigenvalue weighted by molar-refractivity contribution is 9.10. The summed E-state index contributed by atoms with van der Waals surface area (Å²) in [7, 11) is 0. The Morgan fingerprint density at radius 3 is 2.77 bits per heavy atom. The third-order valence-electron chi connectivity index (χ3n) is 6.69. The largest absolute Gasteiger partial charge is 0.507 e. The Hall–Kier alpha value is -3.18. The molecule has 1 amide bonds. The first-order chi connectivity index (χ1) is 19.3. The molecular weight excluding hydrogens is 634 g/mol. The zero-order valence-corrected chi connectivity index (χ0v) is 25.0. The summed E-state index contributed by atoms with van der Waals surface area (Å²) >= 11 is 12.4. The van der Waals surface area contributed by atoms with Crippen molar-refractivity contribution in [2.75, 3.05) is 4.90 Å². The minimum Gasteiger partial charge on any atom is -0.507 e. The van der Waals surface area contributed by atoms with Gasteiger partial charge < -0.3 is 9.84 Å². The number of hydrogen-bond acceptors (Lipinski definition) is 8. The summed E-state index contributed by atoms with van der Waals surface area (Å²) in [6, 6.07) is 19.3. The van der Waals surface area contributed by atoms with Crippen LogP contribution in [0.4, 0.5) is 5.13 Å². The summed E-state index contributed by atoms with van der Waals surface area (Å²) in [5, 5.41) is 21.0. The van der Waals surface area contributed by atoms with Gasteiger partial charge in [-0.1, -0.05) is 81.0 Å². The number of thioether (sulfide) groups is 1. The highest BCUT2D eigenvalue weighted by Crippen LogP contribution is 2.45. The number of amides is 1. The van der Waals surface area contributed by atoms with E-state index in [9.17, 15) is 14.7 Å². The molecule has 4 aromatic rings. The van der Waals surface area contributed by atoms with Gasteiger partial charge >= 0.3 is 5.91 Å². The quantitative estimate of drug-likeness (QED) is 0.0773. The molecule has 7 nitrogen and oxygen atoms in total. The van der Waals surface area contributed by atoms with E-state index in [-0.39, 0.29) is 22.6 Å². The van der Waals surface area contributed by atoms with E-state index in [4.69, 9.17) is 16.3 Å². The molecule has 6 rings (SSSR count). The summed E-state index contributed by atoms with van der Waals surface area (Å²) in [6.07, 6.45) is 0.723. The van der Waals surface area contributed by atoms with Crippen molar-refractivity contribution in [2.24, 2.45) is 0 Å². The third-order valence-corrected chi connectivity index (χ3v) is 9.66. The molecule has 0 spiro atoms. The number of anilines is 1. The van der Waals surface area contributed by atoms with Crippen molar-refractivity contribution in [3.63, 3.8) is 0 Å². The number of carbonyl (C=O) groups is 2. The van der Waals surface area contributed by atoms with E-state index in [0.717, 1.165) is 21.3 Å². The summed E-state index contributed by atoms with van der Waals surface area (Å²) in [6.45, 7) is 1.97. The lowest BCUT2D eigenvalue weighted by atomic mass is 9.94. The van der Waals surface area contributed by atoms with E-state index in [2.05, 4.69) is 26.1 Å². The van der Waals surface area contributed by atoms with Gasteiger partial charge in [0.05, 0.1) is 11.6 Å². The Labute approximate surface area is 252 Å². The molecule has 40 heavy (non-hydrogen) atoms. The van der Waals surface area contributed by atoms with Crippen LogP contribution in [0.2, 0.25) is 5.02 Å². The van der Waals surface area contributed by atoms with Gasteiger partial charge in [-0.25, -0.2) is 0 Å². The number of aliphatic hydroxyl groups excluding tert-OH is 1. The molecule has 0 bridgehead atoms. The van der Waals surface area contributed by atoms with Crippen molar-refractivity contribution in [1.82, 2.24) is 10.2 Å². The first kappa shape index (κ1) is 27.0. The molecule has 2 aliphatic rings. The average Bonchev–Trinajstić information content (AvgIpc) is 3.63. The summed E-state index contributed by atoms with van der Waals surface area (Å²) < 4.78 is 7.18. The minimum absolute atomic E-state index is 0.00418. The van der Waals surface area contributed by atoms with Crippen molar-refractivity contribution < 1.29 is 19.4 Å². The second-order valence-electron chi connectivity index (χ2n) is 9.41. The van der Waals surface area contributed by atoms with Crippen LogP contribution in [0.5, 0.6) is 5.75 Å². The zero-order valence-electron chi connectivity index (χ0n) is 21.0. The second kappa shape index (κ2) is 11.0. The molecule has 0 aliphatic carbocycles. The number of ketones is 1. The number of hydrogen-bond donors (Lipinski definition) is 1. The van der Waals surface area contributed by atoms with Crippen LogP contribution in [-0.2, 0) is 21.8 Å². The molecule has 3 aromatic carbocycles. The second-order valence-corrected chi connectivity index (χ2v) is 12.9. The van der Waals surface area contributed by atoms with Crippen LogP contribution >= 0.6 is 50.6 Å². The normalized spacial score (nSPS) is 19.6. The number of benzene rings is 3. The molecule has 202 valence electrons. The fourth-order valence-electron chi connectivity index (χ4n) is 4.86. The van der Waals surface area contributed by atoms with Crippen molar-refractivity contribution in [3.8, 4) is 5.75 Å². The Kier molecular flexibility index (Phi) is 7.43. The SMILES string of the molecule is CC1Cc2cc(/C(O)=C3\C(=O)C(=O)N(c4nnc(SCc5ccccc5Cl)s4)C3c3cccc(Br)c3)ccc2O1. The Bertz CT molecular complexity index is 1690. The minimum atomic E-state index is -0.893. The monoisotopic (exact) mass is 653 g/mol. The number of ether oxygens (including phenoxy) is 1. The standard InChI is InChI=1S/C29H21BrClN3O4S2/c1-15-11-19-12-17(9-10-22(19)38-15)25(35)23-24(16-6-4-7-20(30)13-16)34(27(37)26(23)36)28-32-33-29(40-28)39-14-18-5-2-3-8-21(18)31/h2-10,12-13,15,24,35H,11,14H2,1H3/b25-23+. The van der Waals surface area contributed by atoms with Crippen LogP contribution in [0, 0.1) is 0 Å². The van der Waals surface area contributed by atoms with E-state index in [1.165, 1.54) is 28.0 Å². The summed E-state index contributed by atoms with van der Waals surface area (Å²) in [5.74, 6) is -0.478. The number of rotatable bonds is 6. The van der Waals surface area contributed by atoms with E-state index >= 15 is 0 Å². The van der Waals surface area contributed by atoms with E-state index in [1.807, 2.05) is 61.5 Å². The fourth-order valence-corrected chi connectivity index (χ4v) is 7.43. The van der Waals surface area contributed by atoms with E-state index < -0.39 is 17.7 Å². The Morgan fingerprint density at radius 2 is 1.98 bits per heavy atom. The highest BCUT2D eigenvalue weighted by atomic mass is 79.9. The molecular formula is C29H21BrClN3O4S2. The Balaban J connectivity index is 1.39. The zero-order chi connectivity index (χ0) is 28.0. The molecule has 2 aliphatic heterocycles. The predicted octanol–water partition coefficient (Wildman–Crippen LogP) is 7.20. The first-order valence-corrected chi connectivity index (χ1v) is 15.3. The molecule has 1 fully saturated rings. The van der Waals surface area contributed by atoms with Crippen molar-refractivity contribution in [1.29, 1.82) is 0 Å². The molecule has 1 saturated heterocycles. The van der Waals surface area contributed by atoms with Gasteiger partial charge in [0.2, 0.25) is 5.13 Å². The maximum absolute atomic E-state index is 13.5. The lowest BCUT2D eigenvalue weighted by Gasteiger charge is -2.22. The maximum atomic E-state index is 13.5. The average molecular weight is 655 g/mol. The highest BCUT2D eigenvalue weighted by Gasteiger charge is 2.48. The molecule has 2 atom stereocenters. The first-order valence-electron chi connectivity index (χ1n) is 12.4. The van der Waals surface area contributed by atoms with Crippen LogP contribution in [-0.4, -0.2) is 33.1 Å². The molecule has 1 N–H and O–H groups in total. The van der Waals surface area contributed by atoms with Crippen LogP contribution < -0.4 is 9.64 Å². The van der Waals surface area contributed by atoms with Crippen LogP contribution in [0.25, 0.3) is 5.76 Å². The predicted molar refractivity (Wildman–Crippen MR) is 160 cm³/mol. The van der Waals surface area contributed by atoms with Crippen LogP contribution in [0.3, 0.4) is 0 Å². The maximum Gasteiger partial charge on any atom is 0.301 e. The number of fused-ring (bicyclic) bond motifs is 1. The lowest BCUT2D eigenvalue weighted by Crippen LogP contribution is -2.29. The summed E-state index contributed by atoms with van der Waals surface area (Å²) in [4.78, 5) is 28.3. The molecule has 0 radical (unpaired) electrons. The topological polar surface area (TPSA) is 92.6 Å². The van der Waals surface area contributed by atoms with Gasteiger partial charge in [-0.15, -0.1) is 10.2 Å². The van der Waals surface area contributed by atoms with Crippen molar-refractivity contribution in [2.45, 2.75) is 35.6 Å². The van der Waals surface area contributed by atoms with Gasteiger partial charge in [-0.05, 0) is 60.0 Å². The van der Waals surface area contributed by atoms with Gasteiger partial charge in [0.15, 0.2) is 4.34 Å². The number of halogens is 2. The molecule has 3 heterocycles. The third kappa shape index (κ3) is 5.05. The number of carbonyl (C=O) groups excluding carboxylic acids is 2. The van der Waals surface area contributed by atoms with E-state index in [1.54, 1.807) is 12.1 Å². The van der Waals surface area contributed by atoms with Gasteiger partial charge in [0.25, 0.3) is 5.78 Å². The van der Waals surface area contributed by atoms with Crippen LogP contribution in [0.15, 0.2) is 81.1 Å². The number of nitrogens with zero attached hydrogens (tertiary/aromatic N) is 3. The smallest absolute Gasteiger partial charge is 0.301 e. The molecule has 0 saturated carbocycles. The lowest BCUT2D eigenvalue weighted by molar-refractivity contribution is -0.132. The molecule has 2 unspecified atom stereocenters. The van der Waals surface area contributed by atoms with Gasteiger partial charge in [0.1, 0.15) is 17.6 Å². The summed E-state index contributed by atoms with van der Waals surface area (Å²) in [5.41, 5.74) is 2.98. The fraction of sp³-hybridized carbons (Fsp3) is 0.172. The van der Waals surface area contributed by atoms with Crippen LogP contribution in [0.1, 0.15) is 35.2 Å². The van der Waals surface area contributed by atoms with Crippen molar-refractivity contribution in [3.05, 3.63) is 104 Å². The van der Waals surface area contributed by atoms with Crippen molar-refractivity contribution >= 4 is 73.2 Å². The van der Waals surface area contributed by atoms with Gasteiger partial charge in [-0.3, -0.25) is 14.5 Å². The van der Waals surface area contributed by atoms with E-state index in [0.29, 0.717) is 32.7 Å². The number of aromatic nitrogens is 2. The van der Waals surface area contributed by atoms with Gasteiger partial charge in [0, 0.05) is 27.2 Å². The Morgan fingerprint density at radius 1 is 1.15 bits per heavy atom. The van der Waals surface area contributed by atoms with Gasteiger partial charge in [-0.2, -0.15) is 0 Å². The molecule has 11 heteroatoms. The number of aliphatic hydroxyl groups is 1. The number of Topliss-reactive ketones (excluding diaryl/α,β-unsaturated/α-hetero) is 1.